The van der Waals surface area contributed by atoms with Crippen molar-refractivity contribution in [3.8, 4) is 5.75 Å². The van der Waals surface area contributed by atoms with Gasteiger partial charge in [0.25, 0.3) is 5.91 Å². The van der Waals surface area contributed by atoms with Crippen molar-refractivity contribution in [2.45, 2.75) is 33.4 Å². The van der Waals surface area contributed by atoms with Crippen LogP contribution in [0.3, 0.4) is 0 Å². The second-order valence-corrected chi connectivity index (χ2v) is 9.09. The van der Waals surface area contributed by atoms with Gasteiger partial charge in [-0.2, -0.15) is 0 Å². The Morgan fingerprint density at radius 1 is 1.13 bits per heavy atom. The summed E-state index contributed by atoms with van der Waals surface area (Å²) in [4.78, 5) is 27.1. The Kier molecular flexibility index (Phi) is 9.46. The van der Waals surface area contributed by atoms with Crippen LogP contribution < -0.4 is 10.1 Å². The number of halogens is 3. The zero-order valence-electron chi connectivity index (χ0n) is 17.1. The minimum Gasteiger partial charge on any atom is -0.482 e. The standard InChI is InChI=1S/C22H25BrCl2N2O3/c1-14(2)11-26-22(29)15(3)27(12-16-5-4-6-17(23)9-16)21(28)13-30-20-8-7-18(24)10-19(20)25/h4-10,14-15H,11-13H2,1-3H3,(H,26,29)/t15-/m0/s1. The molecule has 0 aromatic heterocycles. The molecule has 0 saturated carbocycles. The summed E-state index contributed by atoms with van der Waals surface area (Å²) in [6, 6.07) is 11.7. The van der Waals surface area contributed by atoms with Crippen LogP contribution in [0.2, 0.25) is 10.0 Å². The van der Waals surface area contributed by atoms with Gasteiger partial charge in [-0.3, -0.25) is 9.59 Å². The molecule has 0 unspecified atom stereocenters. The number of carbonyl (C=O) groups excluding carboxylic acids is 2. The highest BCUT2D eigenvalue weighted by Gasteiger charge is 2.26. The summed E-state index contributed by atoms with van der Waals surface area (Å²) < 4.78 is 6.50. The molecule has 2 aromatic carbocycles. The van der Waals surface area contributed by atoms with E-state index in [1.165, 1.54) is 4.90 Å². The number of rotatable bonds is 9. The first kappa shape index (κ1) is 24.5. The molecule has 2 aromatic rings. The number of ether oxygens (including phenoxy) is 1. The fourth-order valence-corrected chi connectivity index (χ4v) is 3.59. The van der Waals surface area contributed by atoms with Gasteiger partial charge in [0, 0.05) is 22.6 Å². The van der Waals surface area contributed by atoms with Crippen molar-refractivity contribution in [3.05, 3.63) is 62.5 Å². The maximum absolute atomic E-state index is 13.0. The summed E-state index contributed by atoms with van der Waals surface area (Å²) in [5.74, 6) is 0.129. The second-order valence-electron chi connectivity index (χ2n) is 7.33. The molecule has 2 rings (SSSR count). The van der Waals surface area contributed by atoms with Gasteiger partial charge >= 0.3 is 0 Å². The number of amides is 2. The number of nitrogens with zero attached hydrogens (tertiary/aromatic N) is 1. The molecule has 1 atom stereocenters. The largest absolute Gasteiger partial charge is 0.482 e. The van der Waals surface area contributed by atoms with Crippen LogP contribution in [0.4, 0.5) is 0 Å². The predicted octanol–water partition coefficient (Wildman–Crippen LogP) is 5.32. The van der Waals surface area contributed by atoms with Gasteiger partial charge in [-0.25, -0.2) is 0 Å². The Morgan fingerprint density at radius 2 is 1.87 bits per heavy atom. The van der Waals surface area contributed by atoms with Crippen LogP contribution in [0.1, 0.15) is 26.3 Å². The lowest BCUT2D eigenvalue weighted by Crippen LogP contribution is -2.49. The zero-order chi connectivity index (χ0) is 22.3. The molecule has 0 aliphatic rings. The van der Waals surface area contributed by atoms with E-state index in [2.05, 4.69) is 21.2 Å². The molecule has 0 fully saturated rings. The number of nitrogens with one attached hydrogen (secondary N) is 1. The van der Waals surface area contributed by atoms with Gasteiger partial charge in [-0.15, -0.1) is 0 Å². The van der Waals surface area contributed by atoms with Crippen molar-refractivity contribution in [3.63, 3.8) is 0 Å². The summed E-state index contributed by atoms with van der Waals surface area (Å²) in [6.07, 6.45) is 0. The molecular weight excluding hydrogens is 491 g/mol. The molecule has 0 heterocycles. The first-order valence-corrected chi connectivity index (χ1v) is 11.1. The molecule has 2 amide bonds. The molecule has 0 aliphatic heterocycles. The van der Waals surface area contributed by atoms with Gasteiger partial charge in [-0.05, 0) is 48.7 Å². The average Bonchev–Trinajstić information content (AvgIpc) is 2.68. The average molecular weight is 516 g/mol. The summed E-state index contributed by atoms with van der Waals surface area (Å²) in [6.45, 7) is 6.29. The highest BCUT2D eigenvalue weighted by Crippen LogP contribution is 2.27. The van der Waals surface area contributed by atoms with Crippen molar-refractivity contribution in [1.82, 2.24) is 10.2 Å². The van der Waals surface area contributed by atoms with Crippen molar-refractivity contribution < 1.29 is 14.3 Å². The van der Waals surface area contributed by atoms with Crippen LogP contribution in [0.15, 0.2) is 46.9 Å². The second kappa shape index (κ2) is 11.6. The maximum atomic E-state index is 13.0. The van der Waals surface area contributed by atoms with E-state index in [9.17, 15) is 9.59 Å². The van der Waals surface area contributed by atoms with E-state index in [0.717, 1.165) is 10.0 Å². The first-order chi connectivity index (χ1) is 14.2. The van der Waals surface area contributed by atoms with E-state index in [0.29, 0.717) is 28.3 Å². The molecule has 30 heavy (non-hydrogen) atoms. The third kappa shape index (κ3) is 7.49. The summed E-state index contributed by atoms with van der Waals surface area (Å²) in [7, 11) is 0. The van der Waals surface area contributed by atoms with Crippen LogP contribution in [-0.2, 0) is 16.1 Å². The smallest absolute Gasteiger partial charge is 0.261 e. The minimum atomic E-state index is -0.667. The molecule has 0 bridgehead atoms. The summed E-state index contributed by atoms with van der Waals surface area (Å²) in [5, 5.41) is 3.68. The molecule has 0 aliphatic carbocycles. The fraction of sp³-hybridized carbons (Fsp3) is 0.364. The third-order valence-corrected chi connectivity index (χ3v) is 5.36. The SMILES string of the molecule is CC(C)CNC(=O)[C@H](C)N(Cc1cccc(Br)c1)C(=O)COc1ccc(Cl)cc1Cl. The van der Waals surface area contributed by atoms with E-state index in [-0.39, 0.29) is 25.0 Å². The first-order valence-electron chi connectivity index (χ1n) is 9.57. The highest BCUT2D eigenvalue weighted by molar-refractivity contribution is 9.10. The van der Waals surface area contributed by atoms with Gasteiger partial charge in [-0.1, -0.05) is 65.1 Å². The predicted molar refractivity (Wildman–Crippen MR) is 124 cm³/mol. The zero-order valence-corrected chi connectivity index (χ0v) is 20.2. The normalized spacial score (nSPS) is 11.8. The molecule has 8 heteroatoms. The van der Waals surface area contributed by atoms with E-state index in [4.69, 9.17) is 27.9 Å². The lowest BCUT2D eigenvalue weighted by atomic mass is 10.1. The quantitative estimate of drug-likeness (QED) is 0.491. The molecule has 0 spiro atoms. The molecule has 1 N–H and O–H groups in total. The molecule has 5 nitrogen and oxygen atoms in total. The number of hydrogen-bond donors (Lipinski definition) is 1. The molecule has 0 radical (unpaired) electrons. The van der Waals surface area contributed by atoms with Gasteiger partial charge in [0.05, 0.1) is 5.02 Å². The van der Waals surface area contributed by atoms with Crippen LogP contribution in [0.5, 0.6) is 5.75 Å². The Morgan fingerprint density at radius 3 is 2.50 bits per heavy atom. The Hall–Kier alpha value is -1.76. The van der Waals surface area contributed by atoms with E-state index in [1.807, 2.05) is 38.1 Å². The van der Waals surface area contributed by atoms with Crippen molar-refractivity contribution >= 4 is 50.9 Å². The van der Waals surface area contributed by atoms with Gasteiger partial charge in [0.15, 0.2) is 6.61 Å². The monoisotopic (exact) mass is 514 g/mol. The van der Waals surface area contributed by atoms with Crippen LogP contribution >= 0.6 is 39.1 Å². The minimum absolute atomic E-state index is 0.212. The van der Waals surface area contributed by atoms with E-state index < -0.39 is 6.04 Å². The third-order valence-electron chi connectivity index (χ3n) is 4.34. The topological polar surface area (TPSA) is 58.6 Å². The molecule has 0 saturated heterocycles. The Bertz CT molecular complexity index is 892. The van der Waals surface area contributed by atoms with Crippen LogP contribution in [0.25, 0.3) is 0 Å². The van der Waals surface area contributed by atoms with Crippen molar-refractivity contribution in [2.24, 2.45) is 5.92 Å². The fourth-order valence-electron chi connectivity index (χ4n) is 2.68. The Balaban J connectivity index is 2.15. The van der Waals surface area contributed by atoms with E-state index in [1.54, 1.807) is 25.1 Å². The highest BCUT2D eigenvalue weighted by atomic mass is 79.9. The molecule has 162 valence electrons. The lowest BCUT2D eigenvalue weighted by Gasteiger charge is -2.29. The van der Waals surface area contributed by atoms with Crippen LogP contribution in [-0.4, -0.2) is 35.9 Å². The van der Waals surface area contributed by atoms with E-state index >= 15 is 0 Å². The summed E-state index contributed by atoms with van der Waals surface area (Å²) >= 11 is 15.5. The maximum Gasteiger partial charge on any atom is 0.261 e. The van der Waals surface area contributed by atoms with Crippen molar-refractivity contribution in [1.29, 1.82) is 0 Å². The van der Waals surface area contributed by atoms with Crippen LogP contribution in [0, 0.1) is 5.92 Å². The van der Waals surface area contributed by atoms with Crippen molar-refractivity contribution in [2.75, 3.05) is 13.2 Å². The van der Waals surface area contributed by atoms with Gasteiger partial charge in [0.1, 0.15) is 11.8 Å². The molecular formula is C22H25BrCl2N2O3. The number of carbonyl (C=O) groups is 2. The number of hydrogen-bond acceptors (Lipinski definition) is 3. The van der Waals surface area contributed by atoms with Gasteiger partial charge < -0.3 is 15.0 Å². The van der Waals surface area contributed by atoms with Gasteiger partial charge in [0.2, 0.25) is 5.91 Å². The Labute approximate surface area is 195 Å². The lowest BCUT2D eigenvalue weighted by molar-refractivity contribution is -0.142. The summed E-state index contributed by atoms with van der Waals surface area (Å²) in [5.41, 5.74) is 0.894. The number of benzene rings is 2.